The molecule has 43 heavy (non-hydrogen) atoms. The van der Waals surface area contributed by atoms with E-state index in [0.717, 1.165) is 19.9 Å². The number of benzene rings is 4. The van der Waals surface area contributed by atoms with Gasteiger partial charge in [0.05, 0.1) is 15.6 Å². The van der Waals surface area contributed by atoms with E-state index < -0.39 is 28.5 Å². The summed E-state index contributed by atoms with van der Waals surface area (Å²) in [6.45, 7) is 1.61. The highest BCUT2D eigenvalue weighted by molar-refractivity contribution is 9.10. The zero-order chi connectivity index (χ0) is 31.0. The number of hydrogen-bond donors (Lipinski definition) is 1. The number of sulfonamides is 1. The molecule has 4 aromatic carbocycles. The molecule has 7 nitrogen and oxygen atoms in total. The van der Waals surface area contributed by atoms with Gasteiger partial charge in [-0.3, -0.25) is 13.9 Å². The van der Waals surface area contributed by atoms with Crippen LogP contribution in [0.3, 0.4) is 0 Å². The second kappa shape index (κ2) is 14.9. The van der Waals surface area contributed by atoms with E-state index in [1.54, 1.807) is 25.1 Å². The Labute approximate surface area is 270 Å². The van der Waals surface area contributed by atoms with Crippen molar-refractivity contribution < 1.29 is 18.0 Å². The standard InChI is InChI=1S/C32H30BrCl2N3O4S/c1-2-36-32(40)30(19-23-9-5-3-6-10-23)37(21-24-13-15-25(33)16-14-24)31(39)22-38(29-18-17-26(34)20-28(29)35)43(41,42)27-11-7-4-8-12-27/h3-18,20,30H,2,19,21-22H2,1H3,(H,36,40). The molecule has 0 aliphatic heterocycles. The first kappa shape index (κ1) is 32.5. The highest BCUT2D eigenvalue weighted by Crippen LogP contribution is 2.33. The minimum Gasteiger partial charge on any atom is -0.355 e. The van der Waals surface area contributed by atoms with Gasteiger partial charge in [0.15, 0.2) is 0 Å². The number of carbonyl (C=O) groups is 2. The van der Waals surface area contributed by atoms with Crippen LogP contribution >= 0.6 is 39.1 Å². The number of nitrogens with one attached hydrogen (secondary N) is 1. The fourth-order valence-corrected chi connectivity index (χ4v) is 6.83. The first-order chi connectivity index (χ1) is 20.6. The molecule has 1 atom stereocenters. The fourth-order valence-electron chi connectivity index (χ4n) is 4.55. The van der Waals surface area contributed by atoms with Gasteiger partial charge < -0.3 is 10.2 Å². The average molecular weight is 703 g/mol. The molecule has 0 saturated carbocycles. The normalized spacial score (nSPS) is 11.9. The highest BCUT2D eigenvalue weighted by atomic mass is 79.9. The lowest BCUT2D eigenvalue weighted by Gasteiger charge is -2.34. The first-order valence-electron chi connectivity index (χ1n) is 13.5. The topological polar surface area (TPSA) is 86.8 Å². The van der Waals surface area contributed by atoms with Crippen LogP contribution in [0.2, 0.25) is 10.0 Å². The Morgan fingerprint density at radius 2 is 1.49 bits per heavy atom. The van der Waals surface area contributed by atoms with Crippen LogP contribution in [-0.2, 0) is 32.6 Å². The molecule has 0 aliphatic rings. The Bertz CT molecular complexity index is 1660. The summed E-state index contributed by atoms with van der Waals surface area (Å²) in [5, 5.41) is 3.22. The van der Waals surface area contributed by atoms with E-state index in [2.05, 4.69) is 21.2 Å². The van der Waals surface area contributed by atoms with E-state index in [0.29, 0.717) is 11.6 Å². The van der Waals surface area contributed by atoms with Crippen molar-refractivity contribution >= 4 is 66.7 Å². The van der Waals surface area contributed by atoms with Crippen molar-refractivity contribution in [3.8, 4) is 0 Å². The minimum atomic E-state index is -4.26. The second-order valence-corrected chi connectivity index (χ2v) is 13.3. The van der Waals surface area contributed by atoms with Crippen LogP contribution in [0.25, 0.3) is 0 Å². The third-order valence-electron chi connectivity index (χ3n) is 6.68. The maximum Gasteiger partial charge on any atom is 0.264 e. The zero-order valence-corrected chi connectivity index (χ0v) is 27.2. The predicted molar refractivity (Wildman–Crippen MR) is 175 cm³/mol. The van der Waals surface area contributed by atoms with Gasteiger partial charge in [0.1, 0.15) is 12.6 Å². The molecule has 0 saturated heterocycles. The maximum atomic E-state index is 14.4. The van der Waals surface area contributed by atoms with Crippen molar-refractivity contribution in [1.82, 2.24) is 10.2 Å². The lowest BCUT2D eigenvalue weighted by atomic mass is 10.0. The molecule has 0 aromatic heterocycles. The van der Waals surface area contributed by atoms with Crippen molar-refractivity contribution in [2.24, 2.45) is 0 Å². The van der Waals surface area contributed by atoms with Gasteiger partial charge in [0.2, 0.25) is 11.8 Å². The number of hydrogen-bond acceptors (Lipinski definition) is 4. The molecule has 0 heterocycles. The van der Waals surface area contributed by atoms with Crippen molar-refractivity contribution in [3.63, 3.8) is 0 Å². The average Bonchev–Trinajstić information content (AvgIpc) is 3.00. The molecule has 0 radical (unpaired) electrons. The summed E-state index contributed by atoms with van der Waals surface area (Å²) < 4.78 is 29.8. The predicted octanol–water partition coefficient (Wildman–Crippen LogP) is 6.73. The zero-order valence-electron chi connectivity index (χ0n) is 23.3. The summed E-state index contributed by atoms with van der Waals surface area (Å²) in [6.07, 6.45) is 0.224. The monoisotopic (exact) mass is 701 g/mol. The molecule has 4 rings (SSSR count). The smallest absolute Gasteiger partial charge is 0.264 e. The Kier molecular flexibility index (Phi) is 11.3. The Hall–Kier alpha value is -3.37. The van der Waals surface area contributed by atoms with Crippen LogP contribution in [0.1, 0.15) is 18.1 Å². The molecule has 1 N–H and O–H groups in total. The molecule has 11 heteroatoms. The van der Waals surface area contributed by atoms with Crippen LogP contribution in [0, 0.1) is 0 Å². The number of likely N-dealkylation sites (N-methyl/N-ethyl adjacent to an activating group) is 1. The van der Waals surface area contributed by atoms with E-state index in [4.69, 9.17) is 23.2 Å². The summed E-state index contributed by atoms with van der Waals surface area (Å²) in [7, 11) is -4.26. The van der Waals surface area contributed by atoms with Gasteiger partial charge in [0.25, 0.3) is 10.0 Å². The first-order valence-corrected chi connectivity index (χ1v) is 16.5. The van der Waals surface area contributed by atoms with Crippen LogP contribution in [0.5, 0.6) is 0 Å². The number of amides is 2. The third-order valence-corrected chi connectivity index (χ3v) is 9.52. The molecule has 0 spiro atoms. The minimum absolute atomic E-state index is 0.0159. The molecule has 0 aliphatic carbocycles. The van der Waals surface area contributed by atoms with Gasteiger partial charge in [-0.1, -0.05) is 99.8 Å². The third kappa shape index (κ3) is 8.38. The number of nitrogens with zero attached hydrogens (tertiary/aromatic N) is 2. The summed E-state index contributed by atoms with van der Waals surface area (Å²) in [6, 6.07) is 28.0. The molecular formula is C32H30BrCl2N3O4S. The fraction of sp³-hybridized carbons (Fsp3) is 0.188. The lowest BCUT2D eigenvalue weighted by Crippen LogP contribution is -2.53. The molecule has 224 valence electrons. The summed E-state index contributed by atoms with van der Waals surface area (Å²) in [5.74, 6) is -0.931. The van der Waals surface area contributed by atoms with Crippen LogP contribution in [0.15, 0.2) is 112 Å². The molecule has 0 bridgehead atoms. The van der Waals surface area contributed by atoms with Gasteiger partial charge in [-0.05, 0) is 60.5 Å². The van der Waals surface area contributed by atoms with Crippen LogP contribution < -0.4 is 9.62 Å². The molecule has 1 unspecified atom stereocenters. The number of rotatable bonds is 12. The molecule has 4 aromatic rings. The lowest BCUT2D eigenvalue weighted by molar-refractivity contribution is -0.140. The van der Waals surface area contributed by atoms with Gasteiger partial charge in [-0.25, -0.2) is 8.42 Å². The van der Waals surface area contributed by atoms with E-state index >= 15 is 0 Å². The van der Waals surface area contributed by atoms with Crippen LogP contribution in [0.4, 0.5) is 5.69 Å². The summed E-state index contributed by atoms with van der Waals surface area (Å²) in [4.78, 5) is 29.3. The molecule has 2 amide bonds. The van der Waals surface area contributed by atoms with E-state index in [1.807, 2.05) is 54.6 Å². The maximum absolute atomic E-state index is 14.4. The van der Waals surface area contributed by atoms with E-state index in [9.17, 15) is 18.0 Å². The summed E-state index contributed by atoms with van der Waals surface area (Å²) in [5.41, 5.74) is 1.70. The van der Waals surface area contributed by atoms with Crippen molar-refractivity contribution in [3.05, 3.63) is 129 Å². The van der Waals surface area contributed by atoms with Gasteiger partial charge in [-0.15, -0.1) is 0 Å². The van der Waals surface area contributed by atoms with Gasteiger partial charge in [0, 0.05) is 29.0 Å². The SMILES string of the molecule is CCNC(=O)C(Cc1ccccc1)N(Cc1ccc(Br)cc1)C(=O)CN(c1ccc(Cl)cc1Cl)S(=O)(=O)c1ccccc1. The van der Waals surface area contributed by atoms with Crippen LogP contribution in [-0.4, -0.2) is 44.3 Å². The Morgan fingerprint density at radius 3 is 2.09 bits per heavy atom. The number of carbonyl (C=O) groups excluding carboxylic acids is 2. The number of halogens is 3. The number of anilines is 1. The Balaban J connectivity index is 1.81. The summed E-state index contributed by atoms with van der Waals surface area (Å²) >= 11 is 16.1. The van der Waals surface area contributed by atoms with Crippen molar-refractivity contribution in [2.75, 3.05) is 17.4 Å². The highest BCUT2D eigenvalue weighted by Gasteiger charge is 2.35. The van der Waals surface area contributed by atoms with E-state index in [-0.39, 0.29) is 34.5 Å². The van der Waals surface area contributed by atoms with Crippen molar-refractivity contribution in [2.45, 2.75) is 30.8 Å². The largest absolute Gasteiger partial charge is 0.355 e. The Morgan fingerprint density at radius 1 is 0.860 bits per heavy atom. The van der Waals surface area contributed by atoms with Gasteiger partial charge in [-0.2, -0.15) is 0 Å². The van der Waals surface area contributed by atoms with Gasteiger partial charge >= 0.3 is 0 Å². The quantitative estimate of drug-likeness (QED) is 0.178. The molecular weight excluding hydrogens is 673 g/mol. The van der Waals surface area contributed by atoms with Crippen molar-refractivity contribution in [1.29, 1.82) is 0 Å². The molecule has 0 fully saturated rings. The second-order valence-electron chi connectivity index (χ2n) is 9.67. The van der Waals surface area contributed by atoms with E-state index in [1.165, 1.54) is 35.2 Å².